The molecular weight excluding hydrogens is 148 g/mol. The zero-order valence-corrected chi connectivity index (χ0v) is 9.11. The molecule has 1 heteroatoms. The van der Waals surface area contributed by atoms with E-state index in [4.69, 9.17) is 4.74 Å². The van der Waals surface area contributed by atoms with Crippen molar-refractivity contribution in [3.63, 3.8) is 0 Å². The minimum Gasteiger partial charge on any atom is -0.374 e. The van der Waals surface area contributed by atoms with Gasteiger partial charge in [-0.3, -0.25) is 0 Å². The Balaban J connectivity index is 2.71. The molecule has 0 aliphatic carbocycles. The molecule has 1 heterocycles. The third kappa shape index (κ3) is 1.19. The molecule has 1 nitrogen and oxygen atoms in total. The van der Waals surface area contributed by atoms with E-state index < -0.39 is 0 Å². The Bertz CT molecular complexity index is 158. The van der Waals surface area contributed by atoms with Gasteiger partial charge < -0.3 is 4.74 Å². The second kappa shape index (κ2) is 3.02. The van der Waals surface area contributed by atoms with Crippen LogP contribution in [0.15, 0.2) is 0 Å². The molecule has 12 heavy (non-hydrogen) atoms. The topological polar surface area (TPSA) is 9.23 Å². The quantitative estimate of drug-likeness (QED) is 0.632. The van der Waals surface area contributed by atoms with Gasteiger partial charge in [0.2, 0.25) is 0 Å². The molecule has 0 spiro atoms. The number of hydrogen-bond donors (Lipinski definition) is 0. The van der Waals surface area contributed by atoms with Crippen LogP contribution in [-0.4, -0.2) is 12.2 Å². The van der Waals surface area contributed by atoms with Crippen molar-refractivity contribution in [1.29, 1.82) is 0 Å². The van der Waals surface area contributed by atoms with Gasteiger partial charge in [-0.15, -0.1) is 0 Å². The lowest BCUT2D eigenvalue weighted by molar-refractivity contribution is -0.269. The first kappa shape index (κ1) is 10.0. The molecule has 72 valence electrons. The number of hydrogen-bond acceptors (Lipinski definition) is 1. The Hall–Kier alpha value is -0.0400. The summed E-state index contributed by atoms with van der Waals surface area (Å²) in [6, 6.07) is 0. The van der Waals surface area contributed by atoms with E-state index >= 15 is 0 Å². The number of rotatable bonds is 3. The first-order valence-electron chi connectivity index (χ1n) is 5.12. The summed E-state index contributed by atoms with van der Waals surface area (Å²) in [7, 11) is 0. The molecule has 0 saturated carbocycles. The van der Waals surface area contributed by atoms with E-state index in [9.17, 15) is 0 Å². The minimum atomic E-state index is 0.135. The molecule has 1 fully saturated rings. The maximum absolute atomic E-state index is 5.78. The van der Waals surface area contributed by atoms with Gasteiger partial charge in [0.25, 0.3) is 0 Å². The van der Waals surface area contributed by atoms with Crippen LogP contribution < -0.4 is 0 Å². The van der Waals surface area contributed by atoms with E-state index in [1.807, 2.05) is 0 Å². The van der Waals surface area contributed by atoms with Crippen molar-refractivity contribution < 1.29 is 4.74 Å². The predicted molar refractivity (Wildman–Crippen MR) is 52.2 cm³/mol. The predicted octanol–water partition coefficient (Wildman–Crippen LogP) is 3.24. The zero-order valence-electron chi connectivity index (χ0n) is 9.11. The Labute approximate surface area is 76.5 Å². The van der Waals surface area contributed by atoms with Crippen LogP contribution in [0.1, 0.15) is 47.5 Å². The summed E-state index contributed by atoms with van der Waals surface area (Å²) >= 11 is 0. The molecule has 1 aliphatic heterocycles. The summed E-state index contributed by atoms with van der Waals surface area (Å²) in [6.45, 7) is 12.4. The second-order valence-electron chi connectivity index (χ2n) is 4.79. The molecule has 1 saturated heterocycles. The highest BCUT2D eigenvalue weighted by Gasteiger charge is 2.54. The summed E-state index contributed by atoms with van der Waals surface area (Å²) in [6.07, 6.45) is 2.47. The van der Waals surface area contributed by atoms with Gasteiger partial charge in [-0.05, 0) is 12.8 Å². The van der Waals surface area contributed by atoms with Gasteiger partial charge in [0, 0.05) is 5.41 Å². The largest absolute Gasteiger partial charge is 0.374 e. The molecule has 0 bridgehead atoms. The van der Waals surface area contributed by atoms with Gasteiger partial charge in [-0.25, -0.2) is 0 Å². The summed E-state index contributed by atoms with van der Waals surface area (Å²) in [5.74, 6) is 0.723. The first-order chi connectivity index (χ1) is 5.48. The fraction of sp³-hybridized carbons (Fsp3) is 1.00. The monoisotopic (exact) mass is 170 g/mol. The van der Waals surface area contributed by atoms with Crippen LogP contribution in [0, 0.1) is 11.3 Å². The van der Waals surface area contributed by atoms with Crippen molar-refractivity contribution in [1.82, 2.24) is 0 Å². The van der Waals surface area contributed by atoms with E-state index in [0.29, 0.717) is 5.41 Å². The SMILES string of the molecule is CCC(CC)C1(C)OCC1(C)C. The van der Waals surface area contributed by atoms with E-state index in [0.717, 1.165) is 12.5 Å². The standard InChI is InChI=1S/C11H22O/c1-6-9(7-2)11(5)10(3,4)8-12-11/h9H,6-8H2,1-5H3. The molecule has 0 radical (unpaired) electrons. The van der Waals surface area contributed by atoms with Crippen molar-refractivity contribution in [3.8, 4) is 0 Å². The Kier molecular flexibility index (Phi) is 2.53. The highest BCUT2D eigenvalue weighted by molar-refractivity contribution is 5.02. The van der Waals surface area contributed by atoms with E-state index in [2.05, 4.69) is 34.6 Å². The molecule has 0 amide bonds. The fourth-order valence-electron chi connectivity index (χ4n) is 2.33. The highest BCUT2D eigenvalue weighted by Crippen LogP contribution is 2.50. The van der Waals surface area contributed by atoms with Crippen molar-refractivity contribution >= 4 is 0 Å². The first-order valence-corrected chi connectivity index (χ1v) is 5.12. The fourth-order valence-corrected chi connectivity index (χ4v) is 2.33. The van der Waals surface area contributed by atoms with Crippen molar-refractivity contribution in [3.05, 3.63) is 0 Å². The molecule has 0 aromatic rings. The van der Waals surface area contributed by atoms with Crippen molar-refractivity contribution in [2.75, 3.05) is 6.61 Å². The van der Waals surface area contributed by atoms with Crippen LogP contribution in [0.3, 0.4) is 0 Å². The van der Waals surface area contributed by atoms with Crippen LogP contribution in [0.5, 0.6) is 0 Å². The van der Waals surface area contributed by atoms with Gasteiger partial charge in [0.1, 0.15) is 0 Å². The molecule has 0 N–H and O–H groups in total. The molecule has 1 unspecified atom stereocenters. The van der Waals surface area contributed by atoms with Gasteiger partial charge in [-0.1, -0.05) is 40.5 Å². The van der Waals surface area contributed by atoms with Gasteiger partial charge >= 0.3 is 0 Å². The van der Waals surface area contributed by atoms with Crippen LogP contribution in [0.2, 0.25) is 0 Å². The van der Waals surface area contributed by atoms with Crippen LogP contribution in [0.25, 0.3) is 0 Å². The summed E-state index contributed by atoms with van der Waals surface area (Å²) in [5, 5.41) is 0. The highest BCUT2D eigenvalue weighted by atomic mass is 16.5. The molecular formula is C11H22O. The molecule has 0 aromatic carbocycles. The third-order valence-corrected chi connectivity index (χ3v) is 3.84. The maximum atomic E-state index is 5.78. The lowest BCUT2D eigenvalue weighted by Gasteiger charge is -2.57. The number of ether oxygens (including phenoxy) is 1. The molecule has 1 atom stereocenters. The zero-order chi connectivity index (χ0) is 9.41. The van der Waals surface area contributed by atoms with Gasteiger partial charge in [0.05, 0.1) is 12.2 Å². The normalized spacial score (nSPS) is 33.5. The Morgan fingerprint density at radius 2 is 1.67 bits per heavy atom. The van der Waals surface area contributed by atoms with Crippen LogP contribution in [0.4, 0.5) is 0 Å². The van der Waals surface area contributed by atoms with E-state index in [-0.39, 0.29) is 5.60 Å². The molecule has 0 aromatic heterocycles. The van der Waals surface area contributed by atoms with E-state index in [1.54, 1.807) is 0 Å². The molecule has 1 aliphatic rings. The third-order valence-electron chi connectivity index (χ3n) is 3.84. The Morgan fingerprint density at radius 3 is 1.75 bits per heavy atom. The average Bonchev–Trinajstić information content (AvgIpc) is 2.04. The van der Waals surface area contributed by atoms with Gasteiger partial charge in [-0.2, -0.15) is 0 Å². The Morgan fingerprint density at radius 1 is 1.17 bits per heavy atom. The van der Waals surface area contributed by atoms with Crippen LogP contribution >= 0.6 is 0 Å². The lowest BCUT2D eigenvalue weighted by Crippen LogP contribution is -2.62. The second-order valence-corrected chi connectivity index (χ2v) is 4.79. The lowest BCUT2D eigenvalue weighted by atomic mass is 9.63. The average molecular weight is 170 g/mol. The smallest absolute Gasteiger partial charge is 0.0755 e. The maximum Gasteiger partial charge on any atom is 0.0755 e. The van der Waals surface area contributed by atoms with Crippen LogP contribution in [-0.2, 0) is 4.74 Å². The van der Waals surface area contributed by atoms with Crippen molar-refractivity contribution in [2.45, 2.75) is 53.1 Å². The minimum absolute atomic E-state index is 0.135. The van der Waals surface area contributed by atoms with Gasteiger partial charge in [0.15, 0.2) is 0 Å². The van der Waals surface area contributed by atoms with Crippen molar-refractivity contribution in [2.24, 2.45) is 11.3 Å². The summed E-state index contributed by atoms with van der Waals surface area (Å²) < 4.78 is 5.78. The summed E-state index contributed by atoms with van der Waals surface area (Å²) in [5.41, 5.74) is 0.514. The van der Waals surface area contributed by atoms with E-state index in [1.165, 1.54) is 12.8 Å². The summed E-state index contributed by atoms with van der Waals surface area (Å²) in [4.78, 5) is 0. The molecule has 1 rings (SSSR count).